The van der Waals surface area contributed by atoms with Crippen LogP contribution in [0.15, 0.2) is 0 Å². The van der Waals surface area contributed by atoms with Gasteiger partial charge in [-0.05, 0) is 26.2 Å². The van der Waals surface area contributed by atoms with Crippen LogP contribution in [0.4, 0.5) is 0 Å². The number of nitrogens with two attached hydrogens (primary N) is 1. The summed E-state index contributed by atoms with van der Waals surface area (Å²) in [5, 5.41) is 9.00. The van der Waals surface area contributed by atoms with Crippen LogP contribution in [-0.4, -0.2) is 41.0 Å². The first kappa shape index (κ1) is 15.0. The van der Waals surface area contributed by atoms with Crippen LogP contribution in [0.2, 0.25) is 0 Å². The molecule has 0 bridgehead atoms. The summed E-state index contributed by atoms with van der Waals surface area (Å²) < 4.78 is 0. The van der Waals surface area contributed by atoms with Crippen LogP contribution in [0, 0.1) is 11.8 Å². The second-order valence-corrected chi connectivity index (χ2v) is 5.16. The van der Waals surface area contributed by atoms with E-state index in [0.717, 1.165) is 12.8 Å². The summed E-state index contributed by atoms with van der Waals surface area (Å²) in [5.74, 6) is -1.08. The lowest BCUT2D eigenvalue weighted by Gasteiger charge is -2.38. The van der Waals surface area contributed by atoms with E-state index in [2.05, 4.69) is 0 Å². The lowest BCUT2D eigenvalue weighted by molar-refractivity contribution is -0.148. The molecule has 5 nitrogen and oxygen atoms in total. The number of hydrogen-bond acceptors (Lipinski definition) is 3. The van der Waals surface area contributed by atoms with Gasteiger partial charge in [0, 0.05) is 19.1 Å². The Morgan fingerprint density at radius 3 is 2.61 bits per heavy atom. The smallest absolute Gasteiger partial charge is 0.306 e. The highest BCUT2D eigenvalue weighted by Gasteiger charge is 2.34. The molecule has 1 aliphatic heterocycles. The van der Waals surface area contributed by atoms with Crippen molar-refractivity contribution in [3.05, 3.63) is 0 Å². The maximum atomic E-state index is 12.3. The molecule has 104 valence electrons. The Hall–Kier alpha value is -1.10. The number of rotatable bonds is 5. The van der Waals surface area contributed by atoms with E-state index in [1.165, 1.54) is 0 Å². The van der Waals surface area contributed by atoms with Crippen LogP contribution in [0.25, 0.3) is 0 Å². The van der Waals surface area contributed by atoms with Gasteiger partial charge in [0.05, 0.1) is 11.8 Å². The van der Waals surface area contributed by atoms with Crippen molar-refractivity contribution in [2.75, 3.05) is 13.1 Å². The van der Waals surface area contributed by atoms with Gasteiger partial charge in [0.25, 0.3) is 0 Å². The lowest BCUT2D eigenvalue weighted by atomic mass is 9.90. The molecule has 1 rings (SSSR count). The van der Waals surface area contributed by atoms with E-state index in [-0.39, 0.29) is 23.8 Å². The number of aliphatic carboxylic acids is 1. The fourth-order valence-electron chi connectivity index (χ4n) is 2.65. The normalized spacial score (nSPS) is 25.8. The van der Waals surface area contributed by atoms with E-state index in [1.54, 1.807) is 0 Å². The first-order valence-electron chi connectivity index (χ1n) is 6.74. The highest BCUT2D eigenvalue weighted by molar-refractivity contribution is 5.80. The zero-order valence-corrected chi connectivity index (χ0v) is 11.3. The summed E-state index contributed by atoms with van der Waals surface area (Å²) in [6.45, 7) is 4.87. The summed E-state index contributed by atoms with van der Waals surface area (Å²) in [7, 11) is 0. The molecule has 3 unspecified atom stereocenters. The average Bonchev–Trinajstić information content (AvgIpc) is 2.34. The minimum absolute atomic E-state index is 0.00161. The largest absolute Gasteiger partial charge is 0.481 e. The van der Waals surface area contributed by atoms with Crippen molar-refractivity contribution >= 4 is 11.9 Å². The fourth-order valence-corrected chi connectivity index (χ4v) is 2.65. The van der Waals surface area contributed by atoms with Gasteiger partial charge >= 0.3 is 5.97 Å². The summed E-state index contributed by atoms with van der Waals surface area (Å²) in [4.78, 5) is 25.1. The maximum Gasteiger partial charge on any atom is 0.306 e. The molecule has 1 saturated heterocycles. The van der Waals surface area contributed by atoms with E-state index in [1.807, 2.05) is 18.7 Å². The predicted molar refractivity (Wildman–Crippen MR) is 69.0 cm³/mol. The highest BCUT2D eigenvalue weighted by Crippen LogP contribution is 2.25. The first-order chi connectivity index (χ1) is 8.51. The van der Waals surface area contributed by atoms with Crippen LogP contribution in [0.3, 0.4) is 0 Å². The number of hydrogen-bond donors (Lipinski definition) is 2. The van der Waals surface area contributed by atoms with Crippen LogP contribution < -0.4 is 5.73 Å². The summed E-state index contributed by atoms with van der Waals surface area (Å²) in [5.41, 5.74) is 5.65. The molecule has 0 radical (unpaired) electrons. The highest BCUT2D eigenvalue weighted by atomic mass is 16.4. The Labute approximate surface area is 108 Å². The zero-order chi connectivity index (χ0) is 13.7. The minimum Gasteiger partial charge on any atom is -0.481 e. The predicted octanol–water partition coefficient (Wildman–Crippen LogP) is 1.07. The molecule has 18 heavy (non-hydrogen) atoms. The summed E-state index contributed by atoms with van der Waals surface area (Å²) in [6.07, 6.45) is 2.84. The summed E-state index contributed by atoms with van der Waals surface area (Å²) >= 11 is 0. The average molecular weight is 256 g/mol. The number of carbonyl (C=O) groups excluding carboxylic acids is 1. The number of likely N-dealkylation sites (tertiary alicyclic amines) is 1. The quantitative estimate of drug-likeness (QED) is 0.770. The lowest BCUT2D eigenvalue weighted by Crippen LogP contribution is -2.49. The topological polar surface area (TPSA) is 83.6 Å². The van der Waals surface area contributed by atoms with Gasteiger partial charge in [0.15, 0.2) is 0 Å². The molecule has 3 atom stereocenters. The number of carboxylic acid groups (broad SMARTS) is 1. The molecule has 5 heteroatoms. The third-order valence-corrected chi connectivity index (χ3v) is 3.78. The van der Waals surface area contributed by atoms with Gasteiger partial charge in [-0.3, -0.25) is 9.59 Å². The second-order valence-electron chi connectivity index (χ2n) is 5.16. The SMILES string of the molecule is CCCC(CN)C(=O)N1CCC(C(=O)O)CC1C. The molecule has 0 aliphatic carbocycles. The molecule has 1 heterocycles. The van der Waals surface area contributed by atoms with Crippen molar-refractivity contribution in [2.24, 2.45) is 17.6 Å². The van der Waals surface area contributed by atoms with Crippen LogP contribution >= 0.6 is 0 Å². The van der Waals surface area contributed by atoms with E-state index in [9.17, 15) is 9.59 Å². The third kappa shape index (κ3) is 3.45. The fraction of sp³-hybridized carbons (Fsp3) is 0.846. The van der Waals surface area contributed by atoms with Crippen molar-refractivity contribution in [1.29, 1.82) is 0 Å². The van der Waals surface area contributed by atoms with E-state index in [0.29, 0.717) is 25.9 Å². The molecular weight excluding hydrogens is 232 g/mol. The van der Waals surface area contributed by atoms with Gasteiger partial charge in [-0.25, -0.2) is 0 Å². The van der Waals surface area contributed by atoms with E-state index in [4.69, 9.17) is 10.8 Å². The molecule has 1 fully saturated rings. The molecule has 1 amide bonds. The molecule has 3 N–H and O–H groups in total. The first-order valence-corrected chi connectivity index (χ1v) is 6.74. The van der Waals surface area contributed by atoms with Crippen molar-refractivity contribution in [3.8, 4) is 0 Å². The molecule has 0 aromatic heterocycles. The Kier molecular flexibility index (Phi) is 5.59. The molecule has 0 aromatic carbocycles. The van der Waals surface area contributed by atoms with E-state index < -0.39 is 5.97 Å². The van der Waals surface area contributed by atoms with Crippen molar-refractivity contribution in [1.82, 2.24) is 4.90 Å². The number of carbonyl (C=O) groups is 2. The van der Waals surface area contributed by atoms with Gasteiger partial charge in [-0.15, -0.1) is 0 Å². The Morgan fingerprint density at radius 1 is 1.50 bits per heavy atom. The minimum atomic E-state index is -0.752. The molecule has 1 aliphatic rings. The summed E-state index contributed by atoms with van der Waals surface area (Å²) in [6, 6.07) is -0.00161. The molecule has 0 aromatic rings. The molecular formula is C13H24N2O3. The Balaban J connectivity index is 2.62. The van der Waals surface area contributed by atoms with Crippen LogP contribution in [0.5, 0.6) is 0 Å². The van der Waals surface area contributed by atoms with Gasteiger partial charge in [-0.2, -0.15) is 0 Å². The number of nitrogens with zero attached hydrogens (tertiary/aromatic N) is 1. The van der Waals surface area contributed by atoms with Crippen LogP contribution in [-0.2, 0) is 9.59 Å². The Bertz CT molecular complexity index is 307. The number of carboxylic acids is 1. The van der Waals surface area contributed by atoms with Crippen molar-refractivity contribution in [3.63, 3.8) is 0 Å². The maximum absolute atomic E-state index is 12.3. The second kappa shape index (κ2) is 6.73. The molecule has 0 saturated carbocycles. The van der Waals surface area contributed by atoms with Crippen molar-refractivity contribution in [2.45, 2.75) is 45.6 Å². The monoisotopic (exact) mass is 256 g/mol. The van der Waals surface area contributed by atoms with Gasteiger partial charge in [0.2, 0.25) is 5.91 Å². The Morgan fingerprint density at radius 2 is 2.17 bits per heavy atom. The van der Waals surface area contributed by atoms with Gasteiger partial charge in [-0.1, -0.05) is 13.3 Å². The zero-order valence-electron chi connectivity index (χ0n) is 11.3. The number of amides is 1. The van der Waals surface area contributed by atoms with Gasteiger partial charge in [0.1, 0.15) is 0 Å². The van der Waals surface area contributed by atoms with Crippen LogP contribution in [0.1, 0.15) is 39.5 Å². The standard InChI is InChI=1S/C13H24N2O3/c1-3-4-11(8-14)12(16)15-6-5-10(13(17)18)7-9(15)2/h9-11H,3-8,14H2,1-2H3,(H,17,18). The number of piperidine rings is 1. The van der Waals surface area contributed by atoms with Crippen molar-refractivity contribution < 1.29 is 14.7 Å². The van der Waals surface area contributed by atoms with Gasteiger partial charge < -0.3 is 15.7 Å². The van der Waals surface area contributed by atoms with E-state index >= 15 is 0 Å². The molecule has 0 spiro atoms. The third-order valence-electron chi connectivity index (χ3n) is 3.78.